The van der Waals surface area contributed by atoms with E-state index >= 15 is 0 Å². The van der Waals surface area contributed by atoms with Gasteiger partial charge in [0, 0.05) is 61.5 Å². The summed E-state index contributed by atoms with van der Waals surface area (Å²) < 4.78 is 49.4. The molecule has 3 aliphatic heterocycles. The van der Waals surface area contributed by atoms with E-state index in [0.717, 1.165) is 29.9 Å². The Bertz CT molecular complexity index is 1970. The van der Waals surface area contributed by atoms with Crippen molar-refractivity contribution >= 4 is 22.5 Å². The van der Waals surface area contributed by atoms with Crippen molar-refractivity contribution in [2.45, 2.75) is 46.0 Å². The van der Waals surface area contributed by atoms with Gasteiger partial charge in [0.25, 0.3) is 5.91 Å². The van der Waals surface area contributed by atoms with E-state index < -0.39 is 23.0 Å². The number of halogens is 3. The first kappa shape index (κ1) is 40.7. The molecule has 0 aliphatic carbocycles. The second-order valence-corrected chi connectivity index (χ2v) is 13.9. The molecule has 3 aromatic carbocycles. The van der Waals surface area contributed by atoms with Gasteiger partial charge in [0.05, 0.1) is 69.4 Å². The zero-order valence-electron chi connectivity index (χ0n) is 31.1. The normalized spacial score (nSPS) is 17.4. The summed E-state index contributed by atoms with van der Waals surface area (Å²) in [4.78, 5) is 31.7. The van der Waals surface area contributed by atoms with Gasteiger partial charge in [0.2, 0.25) is 5.43 Å². The summed E-state index contributed by atoms with van der Waals surface area (Å²) in [7, 11) is 0. The maximum Gasteiger partial charge on any atom is 0.264 e. The van der Waals surface area contributed by atoms with Gasteiger partial charge >= 0.3 is 0 Å². The summed E-state index contributed by atoms with van der Waals surface area (Å²) in [5, 5.41) is 0.246. The van der Waals surface area contributed by atoms with Gasteiger partial charge in [-0.15, -0.1) is 6.42 Å². The van der Waals surface area contributed by atoms with Crippen LogP contribution in [0.5, 0.6) is 17.2 Å². The lowest BCUT2D eigenvalue weighted by Crippen LogP contribution is -3.00. The second-order valence-electron chi connectivity index (χ2n) is 13.9. The van der Waals surface area contributed by atoms with Gasteiger partial charge in [-0.3, -0.25) is 19.4 Å². The van der Waals surface area contributed by atoms with E-state index in [1.54, 1.807) is 41.0 Å². The molecule has 54 heavy (non-hydrogen) atoms. The number of carbonyl (C=O) groups excluding carboxylic acids is 1. The maximum atomic E-state index is 14.2. The molecule has 0 unspecified atom stereocenters. The number of fused-ring (bicyclic) bond motifs is 4. The Hall–Kier alpha value is -4.44. The monoisotopic (exact) mass is 806 g/mol. The van der Waals surface area contributed by atoms with Crippen molar-refractivity contribution in [2.75, 3.05) is 77.1 Å². The van der Waals surface area contributed by atoms with Gasteiger partial charge in [0.15, 0.2) is 0 Å². The Labute approximate surface area is 326 Å². The fourth-order valence-corrected chi connectivity index (χ4v) is 7.51. The van der Waals surface area contributed by atoms with Gasteiger partial charge in [0.1, 0.15) is 34.4 Å². The largest absolute Gasteiger partial charge is 1.00 e. The number of aromatic nitrogens is 1. The lowest BCUT2D eigenvalue weighted by Gasteiger charge is -2.50. The Morgan fingerprint density at radius 1 is 0.833 bits per heavy atom. The minimum absolute atomic E-state index is 0. The molecular formula is C42H49BrF2N4O5. The molecular weight excluding hydrogens is 758 g/mol. The molecule has 7 rings (SSSR count). The number of nitrogens with zero attached hydrogens (tertiary/aromatic N) is 4. The highest BCUT2D eigenvalue weighted by Gasteiger charge is 2.37. The van der Waals surface area contributed by atoms with Crippen molar-refractivity contribution in [1.82, 2.24) is 9.47 Å². The summed E-state index contributed by atoms with van der Waals surface area (Å²) >= 11 is 0. The molecule has 9 nitrogen and oxygen atoms in total. The SMILES string of the molecule is C#CCN(C(=O)c1cn(-c2cc(OCC)cc(OCC)c2)c2cc(OCCCCCCC[N+]34CCN(CC3)CC4)ccc2c1=O)c1cc(F)cc(F)c1.[Br-]. The van der Waals surface area contributed by atoms with Crippen molar-refractivity contribution in [2.24, 2.45) is 0 Å². The predicted octanol–water partition coefficient (Wildman–Crippen LogP) is 3.83. The number of benzene rings is 3. The van der Waals surface area contributed by atoms with E-state index in [1.165, 1.54) is 75.8 Å². The summed E-state index contributed by atoms with van der Waals surface area (Å²) in [5.41, 5.74) is 0.151. The lowest BCUT2D eigenvalue weighted by molar-refractivity contribution is -0.941. The van der Waals surface area contributed by atoms with Crippen LogP contribution in [0, 0.1) is 24.0 Å². The number of unbranched alkanes of at least 4 members (excludes halogenated alkanes) is 4. The van der Waals surface area contributed by atoms with Crippen LogP contribution in [0.15, 0.2) is 65.6 Å². The number of quaternary nitrogens is 1. The van der Waals surface area contributed by atoms with E-state index in [1.807, 2.05) is 13.8 Å². The van der Waals surface area contributed by atoms with Crippen LogP contribution >= 0.6 is 0 Å². The molecule has 4 aromatic rings. The number of piperazine rings is 3. The van der Waals surface area contributed by atoms with Crippen LogP contribution in [0.1, 0.15) is 56.3 Å². The average molecular weight is 808 g/mol. The smallest absolute Gasteiger partial charge is 0.264 e. The Kier molecular flexibility index (Phi) is 14.1. The van der Waals surface area contributed by atoms with E-state index in [9.17, 15) is 18.4 Å². The van der Waals surface area contributed by atoms with Crippen molar-refractivity contribution in [1.29, 1.82) is 0 Å². The Balaban J connectivity index is 0.00000561. The highest BCUT2D eigenvalue weighted by Crippen LogP contribution is 2.30. The molecule has 1 aromatic heterocycles. The molecule has 0 atom stereocenters. The van der Waals surface area contributed by atoms with Crippen molar-refractivity contribution in [3.05, 3.63) is 88.2 Å². The number of ether oxygens (including phenoxy) is 3. The number of anilines is 1. The Morgan fingerprint density at radius 2 is 1.46 bits per heavy atom. The van der Waals surface area contributed by atoms with Gasteiger partial charge in [-0.05, 0) is 57.4 Å². The van der Waals surface area contributed by atoms with Gasteiger partial charge in [-0.2, -0.15) is 0 Å². The maximum absolute atomic E-state index is 14.2. The second kappa shape index (κ2) is 18.7. The van der Waals surface area contributed by atoms with Gasteiger partial charge in [-0.25, -0.2) is 8.78 Å². The van der Waals surface area contributed by atoms with Crippen LogP contribution in [0.4, 0.5) is 14.5 Å². The third kappa shape index (κ3) is 9.61. The minimum atomic E-state index is -0.881. The molecule has 4 heterocycles. The molecule has 12 heteroatoms. The van der Waals surface area contributed by atoms with Gasteiger partial charge in [-0.1, -0.05) is 18.8 Å². The van der Waals surface area contributed by atoms with Crippen LogP contribution in [0.2, 0.25) is 0 Å². The third-order valence-corrected chi connectivity index (χ3v) is 10.3. The lowest BCUT2D eigenvalue weighted by atomic mass is 10.1. The number of carbonyl (C=O) groups is 1. The Morgan fingerprint density at radius 3 is 2.09 bits per heavy atom. The molecule has 3 fully saturated rings. The molecule has 0 radical (unpaired) electrons. The van der Waals surface area contributed by atoms with Gasteiger partial charge < -0.3 is 40.2 Å². The van der Waals surface area contributed by atoms with E-state index in [0.29, 0.717) is 54.3 Å². The van der Waals surface area contributed by atoms with E-state index in [-0.39, 0.29) is 40.2 Å². The summed E-state index contributed by atoms with van der Waals surface area (Å²) in [6.07, 6.45) is 12.6. The molecule has 2 bridgehead atoms. The summed E-state index contributed by atoms with van der Waals surface area (Å²) in [5.74, 6) is 1.45. The topological polar surface area (TPSA) is 73.2 Å². The molecule has 3 aliphatic rings. The van der Waals surface area contributed by atoms with E-state index in [4.69, 9.17) is 20.6 Å². The first-order valence-corrected chi connectivity index (χ1v) is 18.7. The quantitative estimate of drug-likeness (QED) is 0.0919. The number of pyridine rings is 1. The number of hydrogen-bond donors (Lipinski definition) is 0. The highest BCUT2D eigenvalue weighted by molar-refractivity contribution is 6.08. The molecule has 3 saturated heterocycles. The number of amides is 1. The average Bonchev–Trinajstić information content (AvgIpc) is 3.15. The number of hydrogen-bond acceptors (Lipinski definition) is 6. The first-order valence-electron chi connectivity index (χ1n) is 18.7. The van der Waals surface area contributed by atoms with Crippen LogP contribution in [0.25, 0.3) is 16.6 Å². The van der Waals surface area contributed by atoms with Crippen LogP contribution < -0.4 is 41.5 Å². The van der Waals surface area contributed by atoms with Crippen LogP contribution in [-0.4, -0.2) is 92.0 Å². The van der Waals surface area contributed by atoms with Crippen LogP contribution in [0.3, 0.4) is 0 Å². The highest BCUT2D eigenvalue weighted by atomic mass is 79.9. The fourth-order valence-electron chi connectivity index (χ4n) is 7.51. The summed E-state index contributed by atoms with van der Waals surface area (Å²) in [6.45, 7) is 13.7. The molecule has 288 valence electrons. The fraction of sp³-hybridized carbons (Fsp3) is 0.429. The minimum Gasteiger partial charge on any atom is -1.00 e. The third-order valence-electron chi connectivity index (χ3n) is 10.3. The molecule has 0 saturated carbocycles. The predicted molar refractivity (Wildman–Crippen MR) is 203 cm³/mol. The molecule has 1 amide bonds. The summed E-state index contributed by atoms with van der Waals surface area (Å²) in [6, 6.07) is 13.2. The molecule has 0 spiro atoms. The van der Waals surface area contributed by atoms with Crippen molar-refractivity contribution < 1.29 is 49.3 Å². The first-order chi connectivity index (χ1) is 25.7. The molecule has 0 N–H and O–H groups in total. The van der Waals surface area contributed by atoms with E-state index in [2.05, 4.69) is 10.8 Å². The zero-order valence-corrected chi connectivity index (χ0v) is 32.7. The van der Waals surface area contributed by atoms with Crippen molar-refractivity contribution in [3.8, 4) is 35.3 Å². The zero-order chi connectivity index (χ0) is 37.4. The number of rotatable bonds is 17. The standard InChI is InChI=1S/C42H49F2N4O5.BrH/c1-4-14-46(33-24-31(43)23-32(44)25-33)42(50)39-30-47(34-26-36(51-5-2)28-37(27-34)52-6-3)40-29-35(12-13-38(40)41(39)49)53-22-11-9-7-8-10-18-48-19-15-45(16-20-48)17-21-48;/h1,12-13,23-30H,5-11,14-22H2,2-3H3;1H/q+1;/p-1. The number of terminal acetylenes is 1. The van der Waals surface area contributed by atoms with Crippen LogP contribution in [-0.2, 0) is 0 Å². The van der Waals surface area contributed by atoms with Crippen molar-refractivity contribution in [3.63, 3.8) is 0 Å².